The van der Waals surface area contributed by atoms with Crippen molar-refractivity contribution in [1.82, 2.24) is 0 Å². The number of hydrogen-bond acceptors (Lipinski definition) is 3. The van der Waals surface area contributed by atoms with E-state index in [2.05, 4.69) is 33.9 Å². The summed E-state index contributed by atoms with van der Waals surface area (Å²) in [5.41, 5.74) is 1.63. The van der Waals surface area contributed by atoms with Crippen molar-refractivity contribution in [2.24, 2.45) is 0 Å². The number of benzene rings is 1. The van der Waals surface area contributed by atoms with E-state index in [0.29, 0.717) is 13.0 Å². The Hall–Kier alpha value is -0.683. The van der Waals surface area contributed by atoms with Crippen LogP contribution in [0, 0.1) is 0 Å². The largest absolute Gasteiger partial charge is 0.417 e. The van der Waals surface area contributed by atoms with Crippen LogP contribution >= 0.6 is 0 Å². The van der Waals surface area contributed by atoms with Crippen molar-refractivity contribution in [3.8, 4) is 0 Å². The minimum absolute atomic E-state index is 0.0340. The van der Waals surface area contributed by atoms with Gasteiger partial charge in [-0.25, -0.2) is 0 Å². The quantitative estimate of drug-likeness (QED) is 0.591. The van der Waals surface area contributed by atoms with Gasteiger partial charge in [0.2, 0.25) is 0 Å². The fourth-order valence-corrected chi connectivity index (χ4v) is 3.07. The predicted molar refractivity (Wildman–Crippen MR) is 89.7 cm³/mol. The van der Waals surface area contributed by atoms with E-state index in [1.807, 2.05) is 24.3 Å². The van der Waals surface area contributed by atoms with Gasteiger partial charge >= 0.3 is 0 Å². The predicted octanol–water partition coefficient (Wildman–Crippen LogP) is 4.01. The van der Waals surface area contributed by atoms with Crippen LogP contribution in [0.15, 0.2) is 24.3 Å². The Balaban J connectivity index is 2.46. The Labute approximate surface area is 130 Å². The van der Waals surface area contributed by atoms with Gasteiger partial charge in [-0.05, 0) is 42.1 Å². The lowest BCUT2D eigenvalue weighted by Gasteiger charge is -2.36. The maximum Gasteiger partial charge on any atom is 0.191 e. The van der Waals surface area contributed by atoms with Crippen LogP contribution in [0.4, 0.5) is 0 Å². The Morgan fingerprint density at radius 1 is 1.19 bits per heavy atom. The molecule has 120 valence electrons. The molecule has 0 fully saturated rings. The van der Waals surface area contributed by atoms with Gasteiger partial charge in [-0.15, -0.1) is 0 Å². The highest BCUT2D eigenvalue weighted by Crippen LogP contribution is 2.36. The van der Waals surface area contributed by atoms with Crippen LogP contribution in [0.5, 0.6) is 0 Å². The van der Waals surface area contributed by atoms with Gasteiger partial charge in [0.1, 0.15) is 0 Å². The number of aliphatic hydroxyl groups is 2. The molecule has 1 rings (SSSR count). The third-order valence-corrected chi connectivity index (χ3v) is 9.01. The Bertz CT molecular complexity index is 438. The van der Waals surface area contributed by atoms with E-state index in [0.717, 1.165) is 17.5 Å². The molecule has 0 saturated heterocycles. The first-order chi connectivity index (χ1) is 9.69. The van der Waals surface area contributed by atoms with Crippen LogP contribution in [0.2, 0.25) is 18.1 Å². The minimum Gasteiger partial charge on any atom is -0.417 e. The van der Waals surface area contributed by atoms with Gasteiger partial charge in [-0.1, -0.05) is 45.0 Å². The SMILES string of the molecule is CC(C)(C)[Si](C)(C)OCCCC(O)c1ccccc1CO. The molecule has 2 N–H and O–H groups in total. The van der Waals surface area contributed by atoms with Gasteiger partial charge in [0, 0.05) is 6.61 Å². The van der Waals surface area contributed by atoms with Crippen LogP contribution in [0.1, 0.15) is 50.8 Å². The van der Waals surface area contributed by atoms with E-state index in [1.165, 1.54) is 0 Å². The Kier molecular flexibility index (Phi) is 6.59. The fourth-order valence-electron chi connectivity index (χ4n) is 1.98. The second kappa shape index (κ2) is 7.54. The van der Waals surface area contributed by atoms with Crippen LogP contribution < -0.4 is 0 Å². The molecule has 0 aliphatic heterocycles. The van der Waals surface area contributed by atoms with E-state index in [1.54, 1.807) is 0 Å². The van der Waals surface area contributed by atoms with E-state index < -0.39 is 14.4 Å². The third-order valence-electron chi connectivity index (χ3n) is 4.48. The molecule has 0 aromatic heterocycles. The Morgan fingerprint density at radius 3 is 2.38 bits per heavy atom. The normalized spacial score (nSPS) is 14.2. The second-order valence-electron chi connectivity index (χ2n) is 7.12. The third kappa shape index (κ3) is 5.22. The highest BCUT2D eigenvalue weighted by molar-refractivity contribution is 6.74. The maximum absolute atomic E-state index is 10.3. The van der Waals surface area contributed by atoms with Crippen LogP contribution in [-0.4, -0.2) is 25.1 Å². The molecule has 4 heteroatoms. The zero-order valence-electron chi connectivity index (χ0n) is 14.0. The molecular weight excluding hydrogens is 280 g/mol. The van der Waals surface area contributed by atoms with Crippen molar-refractivity contribution in [2.75, 3.05) is 6.61 Å². The maximum atomic E-state index is 10.3. The number of rotatable bonds is 7. The molecule has 0 aliphatic rings. The first-order valence-electron chi connectivity index (χ1n) is 7.70. The van der Waals surface area contributed by atoms with Gasteiger partial charge in [-0.3, -0.25) is 0 Å². The summed E-state index contributed by atoms with van der Waals surface area (Å²) in [5, 5.41) is 19.8. The fraction of sp³-hybridized carbons (Fsp3) is 0.647. The van der Waals surface area contributed by atoms with Gasteiger partial charge in [0.15, 0.2) is 8.32 Å². The standard InChI is InChI=1S/C17H30O3Si/c1-17(2,3)21(4,5)20-12-8-11-16(19)15-10-7-6-9-14(15)13-18/h6-7,9-10,16,18-19H,8,11-13H2,1-5H3. The van der Waals surface area contributed by atoms with Crippen molar-refractivity contribution in [3.05, 3.63) is 35.4 Å². The zero-order valence-corrected chi connectivity index (χ0v) is 15.0. The lowest BCUT2D eigenvalue weighted by molar-refractivity contribution is 0.149. The van der Waals surface area contributed by atoms with Crippen molar-refractivity contribution in [3.63, 3.8) is 0 Å². The monoisotopic (exact) mass is 310 g/mol. The van der Waals surface area contributed by atoms with Crippen LogP contribution in [0.25, 0.3) is 0 Å². The summed E-state index contributed by atoms with van der Waals surface area (Å²) in [6, 6.07) is 7.50. The van der Waals surface area contributed by atoms with Crippen LogP contribution in [0.3, 0.4) is 0 Å². The zero-order chi connectivity index (χ0) is 16.1. The molecular formula is C17H30O3Si. The molecule has 21 heavy (non-hydrogen) atoms. The van der Waals surface area contributed by atoms with Crippen molar-refractivity contribution in [2.45, 2.75) is 64.5 Å². The molecule has 1 aromatic carbocycles. The average molecular weight is 311 g/mol. The van der Waals surface area contributed by atoms with Gasteiger partial charge in [0.05, 0.1) is 12.7 Å². The second-order valence-corrected chi connectivity index (χ2v) is 11.9. The average Bonchev–Trinajstić information content (AvgIpc) is 2.42. The first kappa shape index (κ1) is 18.4. The van der Waals surface area contributed by atoms with Gasteiger partial charge < -0.3 is 14.6 Å². The topological polar surface area (TPSA) is 49.7 Å². The molecule has 0 heterocycles. The van der Waals surface area contributed by atoms with E-state index in [9.17, 15) is 10.2 Å². The van der Waals surface area contributed by atoms with Crippen molar-refractivity contribution in [1.29, 1.82) is 0 Å². The molecule has 1 aromatic rings. The highest BCUT2D eigenvalue weighted by atomic mass is 28.4. The molecule has 0 spiro atoms. The first-order valence-corrected chi connectivity index (χ1v) is 10.6. The molecule has 0 amide bonds. The molecule has 0 bridgehead atoms. The number of aliphatic hydroxyl groups excluding tert-OH is 2. The summed E-state index contributed by atoms with van der Waals surface area (Å²) in [7, 11) is -1.70. The van der Waals surface area contributed by atoms with Crippen LogP contribution in [-0.2, 0) is 11.0 Å². The number of hydrogen-bond donors (Lipinski definition) is 2. The summed E-state index contributed by atoms with van der Waals surface area (Å²) in [5.74, 6) is 0. The molecule has 1 unspecified atom stereocenters. The molecule has 0 aliphatic carbocycles. The smallest absolute Gasteiger partial charge is 0.191 e. The lowest BCUT2D eigenvalue weighted by Crippen LogP contribution is -2.41. The lowest BCUT2D eigenvalue weighted by atomic mass is 10.00. The highest BCUT2D eigenvalue weighted by Gasteiger charge is 2.36. The minimum atomic E-state index is -1.70. The molecule has 1 atom stereocenters. The van der Waals surface area contributed by atoms with Gasteiger partial charge in [0.25, 0.3) is 0 Å². The summed E-state index contributed by atoms with van der Waals surface area (Å²) in [4.78, 5) is 0. The summed E-state index contributed by atoms with van der Waals surface area (Å²) >= 11 is 0. The summed E-state index contributed by atoms with van der Waals surface area (Å²) in [6.45, 7) is 11.8. The molecule has 0 radical (unpaired) electrons. The van der Waals surface area contributed by atoms with Gasteiger partial charge in [-0.2, -0.15) is 0 Å². The Morgan fingerprint density at radius 2 is 1.81 bits per heavy atom. The summed E-state index contributed by atoms with van der Waals surface area (Å²) < 4.78 is 6.12. The molecule has 3 nitrogen and oxygen atoms in total. The van der Waals surface area contributed by atoms with E-state index in [4.69, 9.17) is 4.43 Å². The van der Waals surface area contributed by atoms with E-state index >= 15 is 0 Å². The summed E-state index contributed by atoms with van der Waals surface area (Å²) in [6.07, 6.45) is 0.954. The van der Waals surface area contributed by atoms with Crippen molar-refractivity contribution >= 4 is 8.32 Å². The molecule has 0 saturated carbocycles. The van der Waals surface area contributed by atoms with E-state index in [-0.39, 0.29) is 11.6 Å². The van der Waals surface area contributed by atoms with Crippen molar-refractivity contribution < 1.29 is 14.6 Å².